The lowest BCUT2D eigenvalue weighted by atomic mass is 10.1. The smallest absolute Gasteiger partial charge is 0.222 e. The Bertz CT molecular complexity index is 166. The molecule has 0 aromatic heterocycles. The van der Waals surface area contributed by atoms with Crippen LogP contribution in [0.4, 0.5) is 0 Å². The molecule has 3 atom stereocenters. The van der Waals surface area contributed by atoms with Crippen molar-refractivity contribution in [2.45, 2.75) is 24.9 Å². The van der Waals surface area contributed by atoms with Gasteiger partial charge in [-0.05, 0) is 6.92 Å². The van der Waals surface area contributed by atoms with E-state index in [0.717, 1.165) is 0 Å². The van der Waals surface area contributed by atoms with Crippen molar-refractivity contribution in [1.29, 1.82) is 0 Å². The van der Waals surface area contributed by atoms with Gasteiger partial charge in [0.05, 0.1) is 6.61 Å². The SMILES string of the molecule is [B]CO[C@@]1(OC)[C@H](C)OC[C@H]1OC. The lowest BCUT2D eigenvalue weighted by Crippen LogP contribution is -2.51. The molecule has 1 saturated heterocycles. The zero-order valence-corrected chi connectivity index (χ0v) is 8.28. The molecule has 0 unspecified atom stereocenters. The number of methoxy groups -OCH3 is 2. The van der Waals surface area contributed by atoms with Gasteiger partial charge < -0.3 is 18.9 Å². The third kappa shape index (κ3) is 1.74. The van der Waals surface area contributed by atoms with Gasteiger partial charge in [0.2, 0.25) is 5.79 Å². The van der Waals surface area contributed by atoms with Crippen LogP contribution in [0.25, 0.3) is 0 Å². The molecule has 1 rings (SSSR count). The third-order valence-electron chi connectivity index (χ3n) is 2.43. The Morgan fingerprint density at radius 1 is 1.54 bits per heavy atom. The van der Waals surface area contributed by atoms with Gasteiger partial charge in [-0.2, -0.15) is 0 Å². The first kappa shape index (κ1) is 11.0. The average molecular weight is 186 g/mol. The molecular weight excluding hydrogens is 171 g/mol. The summed E-state index contributed by atoms with van der Waals surface area (Å²) in [4.78, 5) is 0. The Labute approximate surface area is 79.9 Å². The molecule has 0 aromatic carbocycles. The van der Waals surface area contributed by atoms with Crippen molar-refractivity contribution in [3.63, 3.8) is 0 Å². The minimum absolute atomic E-state index is 0.0847. The molecule has 0 aliphatic carbocycles. The Kier molecular flexibility index (Phi) is 3.73. The molecule has 0 aromatic rings. The Hall–Kier alpha value is -0.0951. The quantitative estimate of drug-likeness (QED) is 0.454. The second kappa shape index (κ2) is 4.42. The summed E-state index contributed by atoms with van der Waals surface area (Å²) >= 11 is 0. The molecule has 4 nitrogen and oxygen atoms in total. The van der Waals surface area contributed by atoms with Crippen LogP contribution in [0.5, 0.6) is 0 Å². The number of hydrogen-bond donors (Lipinski definition) is 0. The highest BCUT2D eigenvalue weighted by atomic mass is 16.7. The van der Waals surface area contributed by atoms with Crippen molar-refractivity contribution in [3.8, 4) is 0 Å². The number of hydrogen-bond acceptors (Lipinski definition) is 4. The van der Waals surface area contributed by atoms with Crippen LogP contribution in [0.3, 0.4) is 0 Å². The first-order valence-electron chi connectivity index (χ1n) is 4.24. The maximum Gasteiger partial charge on any atom is 0.222 e. The van der Waals surface area contributed by atoms with E-state index in [1.807, 2.05) is 6.92 Å². The summed E-state index contributed by atoms with van der Waals surface area (Å²) in [7, 11) is 8.49. The van der Waals surface area contributed by atoms with Gasteiger partial charge >= 0.3 is 0 Å². The molecule has 13 heavy (non-hydrogen) atoms. The van der Waals surface area contributed by atoms with Crippen LogP contribution in [-0.4, -0.2) is 53.2 Å². The lowest BCUT2D eigenvalue weighted by molar-refractivity contribution is -0.268. The van der Waals surface area contributed by atoms with Gasteiger partial charge in [-0.1, -0.05) is 0 Å². The minimum atomic E-state index is -0.858. The summed E-state index contributed by atoms with van der Waals surface area (Å²) in [6, 6.07) is 0. The fourth-order valence-corrected chi connectivity index (χ4v) is 1.66. The van der Waals surface area contributed by atoms with Crippen LogP contribution in [0, 0.1) is 0 Å². The van der Waals surface area contributed by atoms with Crippen LogP contribution < -0.4 is 0 Å². The van der Waals surface area contributed by atoms with Crippen LogP contribution in [0.2, 0.25) is 0 Å². The van der Waals surface area contributed by atoms with Crippen LogP contribution in [-0.2, 0) is 18.9 Å². The largest absolute Gasteiger partial charge is 0.373 e. The van der Waals surface area contributed by atoms with Gasteiger partial charge in [0.15, 0.2) is 0 Å². The molecule has 2 radical (unpaired) electrons. The molecule has 0 bridgehead atoms. The zero-order chi connectivity index (χ0) is 9.90. The molecule has 0 amide bonds. The molecule has 1 fully saturated rings. The number of rotatable bonds is 4. The van der Waals surface area contributed by atoms with Crippen LogP contribution in [0.15, 0.2) is 0 Å². The summed E-state index contributed by atoms with van der Waals surface area (Å²) in [5, 5.41) is 0. The van der Waals surface area contributed by atoms with Crippen molar-refractivity contribution in [1.82, 2.24) is 0 Å². The molecule has 1 aliphatic rings. The summed E-state index contributed by atoms with van der Waals surface area (Å²) in [5.41, 5.74) is 0. The predicted octanol–water partition coefficient (Wildman–Crippen LogP) is -0.0946. The summed E-state index contributed by atoms with van der Waals surface area (Å²) in [5.74, 6) is -0.858. The van der Waals surface area contributed by atoms with E-state index in [4.69, 9.17) is 26.8 Å². The van der Waals surface area contributed by atoms with E-state index < -0.39 is 5.79 Å². The van der Waals surface area contributed by atoms with E-state index in [-0.39, 0.29) is 18.7 Å². The molecule has 0 N–H and O–H groups in total. The topological polar surface area (TPSA) is 36.9 Å². The van der Waals surface area contributed by atoms with Gasteiger partial charge in [0.25, 0.3) is 0 Å². The average Bonchev–Trinajstić information content (AvgIpc) is 2.45. The Balaban J connectivity index is 2.77. The summed E-state index contributed by atoms with van der Waals surface area (Å²) in [6.45, 7) is 2.42. The van der Waals surface area contributed by atoms with E-state index in [1.54, 1.807) is 14.2 Å². The van der Waals surface area contributed by atoms with Gasteiger partial charge in [0.1, 0.15) is 20.1 Å². The van der Waals surface area contributed by atoms with E-state index in [2.05, 4.69) is 0 Å². The van der Waals surface area contributed by atoms with Crippen molar-refractivity contribution in [2.24, 2.45) is 0 Å². The highest BCUT2D eigenvalue weighted by Crippen LogP contribution is 2.32. The third-order valence-corrected chi connectivity index (χ3v) is 2.43. The van der Waals surface area contributed by atoms with Crippen molar-refractivity contribution < 1.29 is 18.9 Å². The fraction of sp³-hybridized carbons (Fsp3) is 1.00. The standard InChI is InChI=1S/C8H15BO4/c1-6-8(11-3,13-5-9)7(10-2)4-12-6/h6-7H,4-5H2,1-3H3/t6-,7+,8-/m0/s1. The van der Waals surface area contributed by atoms with Gasteiger partial charge in [0, 0.05) is 20.7 Å². The van der Waals surface area contributed by atoms with E-state index in [9.17, 15) is 0 Å². The molecular formula is C8H15BO4. The van der Waals surface area contributed by atoms with Crippen molar-refractivity contribution >= 4 is 7.85 Å². The predicted molar refractivity (Wildman–Crippen MR) is 47.7 cm³/mol. The zero-order valence-electron chi connectivity index (χ0n) is 8.28. The summed E-state index contributed by atoms with van der Waals surface area (Å²) in [6.07, 6.45) is -0.401. The highest BCUT2D eigenvalue weighted by molar-refractivity contribution is 6.08. The normalized spacial score (nSPS) is 39.6. The molecule has 74 valence electrons. The van der Waals surface area contributed by atoms with Crippen molar-refractivity contribution in [3.05, 3.63) is 0 Å². The molecule has 0 spiro atoms. The van der Waals surface area contributed by atoms with E-state index in [1.165, 1.54) is 0 Å². The minimum Gasteiger partial charge on any atom is -0.373 e. The first-order valence-corrected chi connectivity index (χ1v) is 4.24. The van der Waals surface area contributed by atoms with Crippen LogP contribution >= 0.6 is 0 Å². The Morgan fingerprint density at radius 3 is 2.69 bits per heavy atom. The maximum atomic E-state index is 5.39. The Morgan fingerprint density at radius 2 is 2.23 bits per heavy atom. The van der Waals surface area contributed by atoms with E-state index in [0.29, 0.717) is 6.61 Å². The molecule has 5 heteroatoms. The van der Waals surface area contributed by atoms with Crippen LogP contribution in [0.1, 0.15) is 6.92 Å². The van der Waals surface area contributed by atoms with Gasteiger partial charge in [-0.25, -0.2) is 0 Å². The lowest BCUT2D eigenvalue weighted by Gasteiger charge is -2.34. The monoisotopic (exact) mass is 186 g/mol. The van der Waals surface area contributed by atoms with Gasteiger partial charge in [-0.3, -0.25) is 0 Å². The van der Waals surface area contributed by atoms with E-state index >= 15 is 0 Å². The second-order valence-corrected chi connectivity index (χ2v) is 2.94. The fourth-order valence-electron chi connectivity index (χ4n) is 1.66. The summed E-state index contributed by atoms with van der Waals surface area (Å²) < 4.78 is 21.3. The number of ether oxygens (including phenoxy) is 4. The highest BCUT2D eigenvalue weighted by Gasteiger charge is 2.51. The van der Waals surface area contributed by atoms with Crippen molar-refractivity contribution in [2.75, 3.05) is 27.3 Å². The maximum absolute atomic E-state index is 5.39. The second-order valence-electron chi connectivity index (χ2n) is 2.94. The molecule has 0 saturated carbocycles. The van der Waals surface area contributed by atoms with Gasteiger partial charge in [-0.15, -0.1) is 0 Å². The first-order chi connectivity index (χ1) is 6.21. The molecule has 1 heterocycles. The molecule has 1 aliphatic heterocycles.